The molecule has 0 aromatic heterocycles. The van der Waals surface area contributed by atoms with E-state index in [1.807, 2.05) is 36.4 Å². The molecule has 0 saturated carbocycles. The Morgan fingerprint density at radius 3 is 2.11 bits per heavy atom. The number of halogens is 4. The van der Waals surface area contributed by atoms with Gasteiger partial charge in [-0.15, -0.1) is 0 Å². The first-order valence-corrected chi connectivity index (χ1v) is 8.72. The van der Waals surface area contributed by atoms with E-state index < -0.39 is 17.6 Å². The van der Waals surface area contributed by atoms with E-state index in [9.17, 15) is 18.0 Å². The molecule has 28 heavy (non-hydrogen) atoms. The molecule has 0 fully saturated rings. The molecule has 2 nitrogen and oxygen atoms in total. The minimum atomic E-state index is -4.54. The summed E-state index contributed by atoms with van der Waals surface area (Å²) in [5, 5.41) is 2.52. The number of carbonyl (C=O) groups is 1. The van der Waals surface area contributed by atoms with Gasteiger partial charge in [0, 0.05) is 5.57 Å². The summed E-state index contributed by atoms with van der Waals surface area (Å²) >= 11 is 6.00. The maximum Gasteiger partial charge on any atom is 0.416 e. The first kappa shape index (κ1) is 19.7. The lowest BCUT2D eigenvalue weighted by Gasteiger charge is -2.13. The van der Waals surface area contributed by atoms with Gasteiger partial charge in [-0.1, -0.05) is 72.3 Å². The van der Waals surface area contributed by atoms with Crippen LogP contribution in [-0.2, 0) is 11.0 Å². The number of hydrogen-bond donors (Lipinski definition) is 1. The summed E-state index contributed by atoms with van der Waals surface area (Å²) in [5.41, 5.74) is 0.732. The lowest BCUT2D eigenvalue weighted by Crippen LogP contribution is -2.15. The average molecular weight is 402 g/mol. The van der Waals surface area contributed by atoms with Crippen LogP contribution in [0.25, 0.3) is 11.6 Å². The van der Waals surface area contributed by atoms with Crippen LogP contribution in [0.5, 0.6) is 0 Å². The molecule has 0 heterocycles. The summed E-state index contributed by atoms with van der Waals surface area (Å²) in [5.74, 6) is -0.559. The van der Waals surface area contributed by atoms with E-state index in [0.29, 0.717) is 11.1 Å². The Morgan fingerprint density at radius 1 is 0.893 bits per heavy atom. The SMILES string of the molecule is O=C(Nc1cc(C(F)(F)F)ccc1Cl)C(=Cc1ccccc1)c1ccccc1. The largest absolute Gasteiger partial charge is 0.416 e. The van der Waals surface area contributed by atoms with Crippen molar-refractivity contribution in [1.82, 2.24) is 0 Å². The molecule has 0 aliphatic carbocycles. The number of benzene rings is 3. The monoisotopic (exact) mass is 401 g/mol. The van der Waals surface area contributed by atoms with Crippen molar-refractivity contribution in [3.63, 3.8) is 0 Å². The number of anilines is 1. The van der Waals surface area contributed by atoms with E-state index in [0.717, 1.165) is 23.8 Å². The summed E-state index contributed by atoms with van der Waals surface area (Å²) in [6, 6.07) is 20.8. The van der Waals surface area contributed by atoms with E-state index >= 15 is 0 Å². The van der Waals surface area contributed by atoms with Gasteiger partial charge in [0.2, 0.25) is 0 Å². The highest BCUT2D eigenvalue weighted by atomic mass is 35.5. The van der Waals surface area contributed by atoms with E-state index in [1.165, 1.54) is 0 Å². The summed E-state index contributed by atoms with van der Waals surface area (Å²) in [7, 11) is 0. The van der Waals surface area contributed by atoms with Gasteiger partial charge in [-0.2, -0.15) is 13.2 Å². The summed E-state index contributed by atoms with van der Waals surface area (Å²) in [4.78, 5) is 12.9. The Balaban J connectivity index is 1.98. The lowest BCUT2D eigenvalue weighted by molar-refractivity contribution is -0.137. The van der Waals surface area contributed by atoms with Crippen LogP contribution in [0.1, 0.15) is 16.7 Å². The molecule has 0 unspecified atom stereocenters. The van der Waals surface area contributed by atoms with Gasteiger partial charge in [0.1, 0.15) is 0 Å². The third-order valence-electron chi connectivity index (χ3n) is 3.98. The second kappa shape index (κ2) is 8.31. The van der Waals surface area contributed by atoms with Gasteiger partial charge in [-0.05, 0) is 35.4 Å². The van der Waals surface area contributed by atoms with Crippen molar-refractivity contribution in [2.24, 2.45) is 0 Å². The highest BCUT2D eigenvalue weighted by molar-refractivity contribution is 6.35. The van der Waals surface area contributed by atoms with Crippen LogP contribution >= 0.6 is 11.6 Å². The zero-order valence-electron chi connectivity index (χ0n) is 14.5. The molecule has 1 amide bonds. The third-order valence-corrected chi connectivity index (χ3v) is 4.31. The van der Waals surface area contributed by atoms with Gasteiger partial charge < -0.3 is 5.32 Å². The number of alkyl halides is 3. The van der Waals surface area contributed by atoms with Crippen LogP contribution in [0.15, 0.2) is 78.9 Å². The Hall–Kier alpha value is -3.05. The zero-order chi connectivity index (χ0) is 20.1. The number of nitrogens with one attached hydrogen (secondary N) is 1. The van der Waals surface area contributed by atoms with E-state index in [1.54, 1.807) is 30.3 Å². The molecule has 0 saturated heterocycles. The van der Waals surface area contributed by atoms with Crippen molar-refractivity contribution >= 4 is 34.8 Å². The Kier molecular flexibility index (Phi) is 5.85. The van der Waals surface area contributed by atoms with E-state index in [2.05, 4.69) is 5.32 Å². The standard InChI is InChI=1S/C22H15ClF3NO/c23-19-12-11-17(22(24,25)26)14-20(19)27-21(28)18(16-9-5-2-6-10-16)13-15-7-3-1-4-8-15/h1-14H,(H,27,28). The first-order valence-electron chi connectivity index (χ1n) is 8.35. The maximum atomic E-state index is 13.0. The molecular weight excluding hydrogens is 387 g/mol. The van der Waals surface area contributed by atoms with Crippen LogP contribution in [0, 0.1) is 0 Å². The van der Waals surface area contributed by atoms with Crippen LogP contribution < -0.4 is 5.32 Å². The zero-order valence-corrected chi connectivity index (χ0v) is 15.3. The van der Waals surface area contributed by atoms with Crippen molar-refractivity contribution in [3.8, 4) is 0 Å². The van der Waals surface area contributed by atoms with Crippen molar-refractivity contribution in [2.45, 2.75) is 6.18 Å². The van der Waals surface area contributed by atoms with Crippen molar-refractivity contribution in [1.29, 1.82) is 0 Å². The van der Waals surface area contributed by atoms with Gasteiger partial charge in [-0.3, -0.25) is 4.79 Å². The first-order chi connectivity index (χ1) is 13.3. The number of hydrogen-bond acceptors (Lipinski definition) is 1. The molecule has 142 valence electrons. The van der Waals surface area contributed by atoms with E-state index in [4.69, 9.17) is 11.6 Å². The molecule has 0 aliphatic rings. The van der Waals surface area contributed by atoms with Gasteiger partial charge in [-0.25, -0.2) is 0 Å². The molecule has 0 radical (unpaired) electrons. The fraction of sp³-hybridized carbons (Fsp3) is 0.0455. The van der Waals surface area contributed by atoms with E-state index in [-0.39, 0.29) is 10.7 Å². The van der Waals surface area contributed by atoms with Crippen molar-refractivity contribution < 1.29 is 18.0 Å². The smallest absolute Gasteiger partial charge is 0.321 e. The number of rotatable bonds is 4. The van der Waals surface area contributed by atoms with Crippen LogP contribution in [0.4, 0.5) is 18.9 Å². The molecular formula is C22H15ClF3NO. The van der Waals surface area contributed by atoms with Crippen LogP contribution in [0.3, 0.4) is 0 Å². The second-order valence-electron chi connectivity index (χ2n) is 5.98. The third kappa shape index (κ3) is 4.81. The summed E-state index contributed by atoms with van der Waals surface area (Å²) < 4.78 is 38.9. The van der Waals surface area contributed by atoms with Crippen molar-refractivity contribution in [2.75, 3.05) is 5.32 Å². The van der Waals surface area contributed by atoms with Gasteiger partial charge >= 0.3 is 6.18 Å². The molecule has 3 aromatic carbocycles. The minimum Gasteiger partial charge on any atom is -0.321 e. The summed E-state index contributed by atoms with van der Waals surface area (Å²) in [6.45, 7) is 0. The van der Waals surface area contributed by atoms with Crippen LogP contribution in [-0.4, -0.2) is 5.91 Å². The Bertz CT molecular complexity index is 999. The highest BCUT2D eigenvalue weighted by Gasteiger charge is 2.31. The fourth-order valence-electron chi connectivity index (χ4n) is 2.60. The topological polar surface area (TPSA) is 29.1 Å². The van der Waals surface area contributed by atoms with Gasteiger partial charge in [0.05, 0.1) is 16.3 Å². The molecule has 1 N–H and O–H groups in total. The predicted octanol–water partition coefficient (Wildman–Crippen LogP) is 6.54. The average Bonchev–Trinajstić information content (AvgIpc) is 2.68. The molecule has 0 aliphatic heterocycles. The summed E-state index contributed by atoms with van der Waals surface area (Å²) in [6.07, 6.45) is -2.86. The second-order valence-corrected chi connectivity index (χ2v) is 6.39. The number of amides is 1. The minimum absolute atomic E-state index is 0.0217. The lowest BCUT2D eigenvalue weighted by atomic mass is 10.0. The fourth-order valence-corrected chi connectivity index (χ4v) is 2.77. The van der Waals surface area contributed by atoms with Crippen LogP contribution in [0.2, 0.25) is 5.02 Å². The normalized spacial score (nSPS) is 11.9. The molecule has 6 heteroatoms. The Labute approximate surface area is 165 Å². The number of carbonyl (C=O) groups excluding carboxylic acids is 1. The highest BCUT2D eigenvalue weighted by Crippen LogP contribution is 2.34. The van der Waals surface area contributed by atoms with Gasteiger partial charge in [0.15, 0.2) is 0 Å². The predicted molar refractivity (Wildman–Crippen MR) is 106 cm³/mol. The molecule has 3 rings (SSSR count). The molecule has 0 atom stereocenters. The Morgan fingerprint density at radius 2 is 1.50 bits per heavy atom. The molecule has 0 spiro atoms. The molecule has 0 bridgehead atoms. The quantitative estimate of drug-likeness (QED) is 0.390. The maximum absolute atomic E-state index is 13.0. The molecule has 3 aromatic rings. The van der Waals surface area contributed by atoms with Gasteiger partial charge in [0.25, 0.3) is 5.91 Å². The van der Waals surface area contributed by atoms with Crippen molar-refractivity contribution in [3.05, 3.63) is 101 Å².